The first-order valence-electron chi connectivity index (χ1n) is 7.70. The number of anilines is 1. The monoisotopic (exact) mass is 289 g/mol. The number of nitrogens with one attached hydrogen (secondary N) is 2. The Labute approximate surface area is 127 Å². The summed E-state index contributed by atoms with van der Waals surface area (Å²) in [6.45, 7) is 10.9. The molecule has 1 aromatic rings. The summed E-state index contributed by atoms with van der Waals surface area (Å²) in [4.78, 5) is 13.6. The SMILES string of the molecule is CC(=O)NC1CCN(c2ccccc2CNC(C)(C)C)C1. The molecule has 21 heavy (non-hydrogen) atoms. The van der Waals surface area contributed by atoms with E-state index in [4.69, 9.17) is 0 Å². The Balaban J connectivity index is 2.05. The summed E-state index contributed by atoms with van der Waals surface area (Å²) in [5, 5.41) is 6.57. The molecule has 0 aliphatic carbocycles. The van der Waals surface area contributed by atoms with Gasteiger partial charge in [0.05, 0.1) is 0 Å². The third-order valence-electron chi connectivity index (χ3n) is 3.74. The van der Waals surface area contributed by atoms with Gasteiger partial charge in [-0.3, -0.25) is 4.79 Å². The van der Waals surface area contributed by atoms with Gasteiger partial charge in [0.1, 0.15) is 0 Å². The van der Waals surface area contributed by atoms with Crippen molar-refractivity contribution in [2.24, 2.45) is 0 Å². The third kappa shape index (κ3) is 4.74. The second-order valence-electron chi connectivity index (χ2n) is 6.86. The number of carbonyl (C=O) groups is 1. The molecule has 1 fully saturated rings. The average molecular weight is 289 g/mol. The van der Waals surface area contributed by atoms with Crippen molar-refractivity contribution in [1.82, 2.24) is 10.6 Å². The lowest BCUT2D eigenvalue weighted by atomic mass is 10.1. The Kier molecular flexibility index (Phi) is 4.88. The van der Waals surface area contributed by atoms with Crippen molar-refractivity contribution in [3.63, 3.8) is 0 Å². The fraction of sp³-hybridized carbons (Fsp3) is 0.588. The molecule has 4 heteroatoms. The number of para-hydroxylation sites is 1. The van der Waals surface area contributed by atoms with Gasteiger partial charge in [0, 0.05) is 43.8 Å². The molecule has 2 N–H and O–H groups in total. The molecule has 4 nitrogen and oxygen atoms in total. The van der Waals surface area contributed by atoms with Crippen LogP contribution in [0.3, 0.4) is 0 Å². The zero-order chi connectivity index (χ0) is 15.5. The van der Waals surface area contributed by atoms with Gasteiger partial charge in [-0.15, -0.1) is 0 Å². The molecule has 1 amide bonds. The van der Waals surface area contributed by atoms with Crippen molar-refractivity contribution in [2.75, 3.05) is 18.0 Å². The van der Waals surface area contributed by atoms with Crippen LogP contribution in [-0.2, 0) is 11.3 Å². The highest BCUT2D eigenvalue weighted by molar-refractivity contribution is 5.73. The molecule has 1 aliphatic heterocycles. The highest BCUT2D eigenvalue weighted by atomic mass is 16.1. The smallest absolute Gasteiger partial charge is 0.217 e. The minimum absolute atomic E-state index is 0.0598. The number of hydrogen-bond acceptors (Lipinski definition) is 3. The number of hydrogen-bond donors (Lipinski definition) is 2. The first kappa shape index (κ1) is 15.8. The maximum absolute atomic E-state index is 11.2. The fourth-order valence-electron chi connectivity index (χ4n) is 2.71. The summed E-state index contributed by atoms with van der Waals surface area (Å²) < 4.78 is 0. The molecular formula is C17H27N3O. The largest absolute Gasteiger partial charge is 0.369 e. The van der Waals surface area contributed by atoms with Crippen molar-refractivity contribution in [2.45, 2.75) is 52.2 Å². The molecule has 0 radical (unpaired) electrons. The van der Waals surface area contributed by atoms with Crippen LogP contribution in [0.5, 0.6) is 0 Å². The van der Waals surface area contributed by atoms with Crippen LogP contribution in [-0.4, -0.2) is 30.6 Å². The lowest BCUT2D eigenvalue weighted by Gasteiger charge is -2.25. The molecule has 0 aromatic heterocycles. The minimum Gasteiger partial charge on any atom is -0.369 e. The van der Waals surface area contributed by atoms with Gasteiger partial charge in [-0.25, -0.2) is 0 Å². The molecule has 116 valence electrons. The lowest BCUT2D eigenvalue weighted by molar-refractivity contribution is -0.119. The van der Waals surface area contributed by atoms with E-state index in [0.717, 1.165) is 26.1 Å². The van der Waals surface area contributed by atoms with Gasteiger partial charge >= 0.3 is 0 Å². The van der Waals surface area contributed by atoms with Crippen LogP contribution in [0.15, 0.2) is 24.3 Å². The van der Waals surface area contributed by atoms with Crippen molar-refractivity contribution in [3.05, 3.63) is 29.8 Å². The lowest BCUT2D eigenvalue weighted by Crippen LogP contribution is -2.37. The Morgan fingerprint density at radius 1 is 1.33 bits per heavy atom. The number of nitrogens with zero attached hydrogens (tertiary/aromatic N) is 1. The number of amides is 1. The van der Waals surface area contributed by atoms with E-state index in [1.807, 2.05) is 0 Å². The molecule has 0 spiro atoms. The van der Waals surface area contributed by atoms with E-state index in [-0.39, 0.29) is 17.5 Å². The Bertz CT molecular complexity index is 493. The average Bonchev–Trinajstić information content (AvgIpc) is 2.83. The van der Waals surface area contributed by atoms with Gasteiger partial charge < -0.3 is 15.5 Å². The summed E-state index contributed by atoms with van der Waals surface area (Å²) >= 11 is 0. The standard InChI is InChI=1S/C17H27N3O/c1-13(21)19-15-9-10-20(12-15)16-8-6-5-7-14(16)11-18-17(2,3)4/h5-8,15,18H,9-12H2,1-4H3,(H,19,21). The van der Waals surface area contributed by atoms with Gasteiger partial charge in [-0.05, 0) is 38.8 Å². The van der Waals surface area contributed by atoms with Gasteiger partial charge in [0.2, 0.25) is 5.91 Å². The third-order valence-corrected chi connectivity index (χ3v) is 3.74. The van der Waals surface area contributed by atoms with E-state index >= 15 is 0 Å². The van der Waals surface area contributed by atoms with Crippen molar-refractivity contribution < 1.29 is 4.79 Å². The van der Waals surface area contributed by atoms with Crippen LogP contribution >= 0.6 is 0 Å². The van der Waals surface area contributed by atoms with Gasteiger partial charge in [-0.2, -0.15) is 0 Å². The van der Waals surface area contributed by atoms with Gasteiger partial charge in [-0.1, -0.05) is 18.2 Å². The summed E-state index contributed by atoms with van der Waals surface area (Å²) in [6.07, 6.45) is 1.01. The van der Waals surface area contributed by atoms with Gasteiger partial charge in [0.15, 0.2) is 0 Å². The summed E-state index contributed by atoms with van der Waals surface area (Å²) in [5.41, 5.74) is 2.70. The predicted octanol–water partition coefficient (Wildman–Crippen LogP) is 2.29. The Hall–Kier alpha value is -1.55. The van der Waals surface area contributed by atoms with Crippen LogP contribution < -0.4 is 15.5 Å². The molecule has 0 saturated carbocycles. The van der Waals surface area contributed by atoms with Crippen LogP contribution in [0.1, 0.15) is 39.7 Å². The first-order chi connectivity index (χ1) is 9.85. The van der Waals surface area contributed by atoms with Crippen molar-refractivity contribution in [1.29, 1.82) is 0 Å². The predicted molar refractivity (Wildman–Crippen MR) is 87.5 cm³/mol. The van der Waals surface area contributed by atoms with Crippen LogP contribution in [0.2, 0.25) is 0 Å². The molecule has 1 aromatic carbocycles. The van der Waals surface area contributed by atoms with E-state index in [1.54, 1.807) is 6.92 Å². The number of carbonyl (C=O) groups excluding carboxylic acids is 1. The molecular weight excluding hydrogens is 262 g/mol. The van der Waals surface area contributed by atoms with Crippen LogP contribution in [0, 0.1) is 0 Å². The zero-order valence-electron chi connectivity index (χ0n) is 13.6. The van der Waals surface area contributed by atoms with Crippen molar-refractivity contribution >= 4 is 11.6 Å². The molecule has 1 unspecified atom stereocenters. The molecule has 1 heterocycles. The second kappa shape index (κ2) is 6.48. The normalized spacial score (nSPS) is 18.9. The van der Waals surface area contributed by atoms with E-state index in [0.29, 0.717) is 0 Å². The molecule has 1 atom stereocenters. The minimum atomic E-state index is 0.0598. The topological polar surface area (TPSA) is 44.4 Å². The highest BCUT2D eigenvalue weighted by Crippen LogP contribution is 2.25. The zero-order valence-corrected chi connectivity index (χ0v) is 13.6. The highest BCUT2D eigenvalue weighted by Gasteiger charge is 2.24. The summed E-state index contributed by atoms with van der Waals surface area (Å²) in [5.74, 6) is 0.0598. The first-order valence-corrected chi connectivity index (χ1v) is 7.70. The Morgan fingerprint density at radius 3 is 2.71 bits per heavy atom. The maximum atomic E-state index is 11.2. The quantitative estimate of drug-likeness (QED) is 0.894. The van der Waals surface area contributed by atoms with E-state index in [1.165, 1.54) is 11.3 Å². The van der Waals surface area contributed by atoms with E-state index in [9.17, 15) is 4.79 Å². The van der Waals surface area contributed by atoms with Gasteiger partial charge in [0.25, 0.3) is 0 Å². The molecule has 1 aliphatic rings. The molecule has 2 rings (SSSR count). The van der Waals surface area contributed by atoms with Crippen LogP contribution in [0.25, 0.3) is 0 Å². The second-order valence-corrected chi connectivity index (χ2v) is 6.86. The van der Waals surface area contributed by atoms with Crippen LogP contribution in [0.4, 0.5) is 5.69 Å². The Morgan fingerprint density at radius 2 is 2.05 bits per heavy atom. The summed E-state index contributed by atoms with van der Waals surface area (Å²) in [6, 6.07) is 8.80. The van der Waals surface area contributed by atoms with E-state index < -0.39 is 0 Å². The molecule has 1 saturated heterocycles. The molecule has 0 bridgehead atoms. The van der Waals surface area contributed by atoms with Crippen molar-refractivity contribution in [3.8, 4) is 0 Å². The fourth-order valence-corrected chi connectivity index (χ4v) is 2.71. The summed E-state index contributed by atoms with van der Waals surface area (Å²) in [7, 11) is 0. The number of benzene rings is 1. The van der Waals surface area contributed by atoms with E-state index in [2.05, 4.69) is 60.6 Å². The maximum Gasteiger partial charge on any atom is 0.217 e. The number of rotatable bonds is 4.